The van der Waals surface area contributed by atoms with E-state index in [0.29, 0.717) is 12.1 Å². The summed E-state index contributed by atoms with van der Waals surface area (Å²) in [7, 11) is 0. The fraction of sp³-hybridized carbons (Fsp3) is 0.312. The Bertz CT molecular complexity index is 606. The third-order valence-corrected chi connectivity index (χ3v) is 4.12. The van der Waals surface area contributed by atoms with Gasteiger partial charge in [0.2, 0.25) is 0 Å². The number of benzene rings is 1. The first kappa shape index (κ1) is 14.4. The summed E-state index contributed by atoms with van der Waals surface area (Å²) in [5.74, 6) is -0.317. The van der Waals surface area contributed by atoms with Crippen molar-refractivity contribution in [3.05, 3.63) is 64.7 Å². The van der Waals surface area contributed by atoms with Crippen molar-refractivity contribution in [3.8, 4) is 0 Å². The van der Waals surface area contributed by atoms with Crippen molar-refractivity contribution in [2.75, 3.05) is 19.6 Å². The molecule has 3 nitrogen and oxygen atoms in total. The fourth-order valence-corrected chi connectivity index (χ4v) is 2.92. The smallest absolute Gasteiger partial charge is 0.146 e. The van der Waals surface area contributed by atoms with E-state index in [0.717, 1.165) is 25.2 Å². The molecule has 1 saturated heterocycles. The van der Waals surface area contributed by atoms with Crippen LogP contribution < -0.4 is 5.32 Å². The Morgan fingerprint density at radius 3 is 3.05 bits per heavy atom. The maximum absolute atomic E-state index is 14.1. The first-order valence-corrected chi connectivity index (χ1v) is 7.41. The van der Waals surface area contributed by atoms with E-state index >= 15 is 0 Å². The van der Waals surface area contributed by atoms with Gasteiger partial charge in [-0.25, -0.2) is 4.39 Å². The molecule has 5 heteroatoms. The summed E-state index contributed by atoms with van der Waals surface area (Å²) in [6.07, 6.45) is 3.64. The summed E-state index contributed by atoms with van der Waals surface area (Å²) in [5, 5.41) is 3.57. The van der Waals surface area contributed by atoms with E-state index in [1.54, 1.807) is 24.4 Å². The van der Waals surface area contributed by atoms with Crippen LogP contribution in [0.2, 0.25) is 5.02 Å². The largest absolute Gasteiger partial charge is 0.314 e. The average Bonchev–Trinajstić information content (AvgIpc) is 2.53. The highest BCUT2D eigenvalue weighted by Crippen LogP contribution is 2.26. The second-order valence-electron chi connectivity index (χ2n) is 5.19. The summed E-state index contributed by atoms with van der Waals surface area (Å²) in [5.41, 5.74) is 1.78. The molecule has 0 bridgehead atoms. The lowest BCUT2D eigenvalue weighted by molar-refractivity contribution is 0.151. The Balaban J connectivity index is 1.83. The second-order valence-corrected chi connectivity index (χ2v) is 5.60. The number of nitrogens with one attached hydrogen (secondary N) is 1. The molecule has 1 fully saturated rings. The molecule has 0 aliphatic carbocycles. The van der Waals surface area contributed by atoms with E-state index in [1.165, 1.54) is 0 Å². The lowest BCUT2D eigenvalue weighted by Gasteiger charge is -2.36. The van der Waals surface area contributed by atoms with Crippen molar-refractivity contribution >= 4 is 11.6 Å². The first-order chi connectivity index (χ1) is 10.3. The predicted octanol–water partition coefficient (Wildman–Crippen LogP) is 3.02. The Morgan fingerprint density at radius 2 is 2.24 bits per heavy atom. The van der Waals surface area contributed by atoms with Gasteiger partial charge >= 0.3 is 0 Å². The average molecular weight is 306 g/mol. The predicted molar refractivity (Wildman–Crippen MR) is 81.7 cm³/mol. The van der Waals surface area contributed by atoms with Gasteiger partial charge in [0, 0.05) is 50.2 Å². The van der Waals surface area contributed by atoms with Crippen LogP contribution in [0, 0.1) is 5.82 Å². The fourth-order valence-electron chi connectivity index (χ4n) is 2.73. The van der Waals surface area contributed by atoms with Crippen molar-refractivity contribution in [2.45, 2.75) is 12.6 Å². The third kappa shape index (κ3) is 3.23. The van der Waals surface area contributed by atoms with Crippen LogP contribution in [0.1, 0.15) is 17.2 Å². The van der Waals surface area contributed by atoms with Gasteiger partial charge in [0.1, 0.15) is 5.82 Å². The van der Waals surface area contributed by atoms with Crippen LogP contribution in [-0.4, -0.2) is 29.5 Å². The third-order valence-electron chi connectivity index (χ3n) is 3.83. The Hall–Kier alpha value is -1.49. The number of rotatable bonds is 3. The number of pyridine rings is 1. The normalized spacial score (nSPS) is 19.6. The highest BCUT2D eigenvalue weighted by molar-refractivity contribution is 6.30. The highest BCUT2D eigenvalue weighted by Gasteiger charge is 2.24. The minimum absolute atomic E-state index is 0.181. The zero-order valence-electron chi connectivity index (χ0n) is 11.6. The minimum atomic E-state index is -0.317. The van der Waals surface area contributed by atoms with E-state index in [9.17, 15) is 4.39 Å². The molecule has 1 aromatic heterocycles. The maximum Gasteiger partial charge on any atom is 0.146 e. The van der Waals surface area contributed by atoms with Gasteiger partial charge < -0.3 is 5.32 Å². The molecule has 0 amide bonds. The van der Waals surface area contributed by atoms with Gasteiger partial charge in [0.15, 0.2) is 0 Å². The Labute approximate surface area is 128 Å². The van der Waals surface area contributed by atoms with E-state index < -0.39 is 0 Å². The molecule has 0 saturated carbocycles. The lowest BCUT2D eigenvalue weighted by Crippen LogP contribution is -2.45. The molecule has 1 unspecified atom stereocenters. The molecule has 1 N–H and O–H groups in total. The van der Waals surface area contributed by atoms with Gasteiger partial charge in [0.05, 0.1) is 5.02 Å². The summed E-state index contributed by atoms with van der Waals surface area (Å²) in [6, 6.07) is 9.36. The topological polar surface area (TPSA) is 28.2 Å². The maximum atomic E-state index is 14.1. The number of halogens is 2. The zero-order chi connectivity index (χ0) is 14.7. The molecular formula is C16H17ClFN3. The van der Waals surface area contributed by atoms with Crippen molar-refractivity contribution < 1.29 is 4.39 Å². The van der Waals surface area contributed by atoms with Crippen molar-refractivity contribution in [2.24, 2.45) is 0 Å². The summed E-state index contributed by atoms with van der Waals surface area (Å²) in [6.45, 7) is 3.16. The van der Waals surface area contributed by atoms with Crippen LogP contribution in [-0.2, 0) is 6.54 Å². The number of aromatic nitrogens is 1. The number of hydrogen-bond donors (Lipinski definition) is 1. The molecule has 1 aliphatic heterocycles. The number of hydrogen-bond acceptors (Lipinski definition) is 3. The van der Waals surface area contributed by atoms with Crippen molar-refractivity contribution in [1.29, 1.82) is 0 Å². The number of piperazine rings is 1. The van der Waals surface area contributed by atoms with Crippen molar-refractivity contribution in [1.82, 2.24) is 15.2 Å². The molecule has 0 radical (unpaired) electrons. The summed E-state index contributed by atoms with van der Waals surface area (Å²) < 4.78 is 14.1. The van der Waals surface area contributed by atoms with Crippen LogP contribution in [0.15, 0.2) is 42.7 Å². The molecule has 2 aromatic rings. The monoisotopic (exact) mass is 305 g/mol. The SMILES string of the molecule is Fc1c(Cl)cccc1CN1CCNCC1c1cccnc1. The van der Waals surface area contributed by atoms with Gasteiger partial charge in [-0.3, -0.25) is 9.88 Å². The minimum Gasteiger partial charge on any atom is -0.314 e. The molecule has 1 atom stereocenters. The molecule has 0 spiro atoms. The molecule has 1 aliphatic rings. The Kier molecular flexibility index (Phi) is 4.48. The lowest BCUT2D eigenvalue weighted by atomic mass is 10.0. The van der Waals surface area contributed by atoms with Gasteiger partial charge in [-0.05, 0) is 17.7 Å². The molecule has 110 valence electrons. The molecule has 3 rings (SSSR count). The van der Waals surface area contributed by atoms with Crippen LogP contribution in [0.25, 0.3) is 0 Å². The van der Waals surface area contributed by atoms with E-state index in [4.69, 9.17) is 11.6 Å². The summed E-state index contributed by atoms with van der Waals surface area (Å²) in [4.78, 5) is 6.45. The summed E-state index contributed by atoms with van der Waals surface area (Å²) >= 11 is 5.87. The Morgan fingerprint density at radius 1 is 1.33 bits per heavy atom. The van der Waals surface area contributed by atoms with Crippen LogP contribution in [0.4, 0.5) is 4.39 Å². The van der Waals surface area contributed by atoms with Crippen molar-refractivity contribution in [3.63, 3.8) is 0 Å². The molecule has 1 aromatic carbocycles. The molecular weight excluding hydrogens is 289 g/mol. The first-order valence-electron chi connectivity index (χ1n) is 7.03. The second kappa shape index (κ2) is 6.52. The van der Waals surface area contributed by atoms with Gasteiger partial charge in [-0.15, -0.1) is 0 Å². The van der Waals surface area contributed by atoms with E-state index in [-0.39, 0.29) is 16.9 Å². The van der Waals surface area contributed by atoms with E-state index in [1.807, 2.05) is 12.3 Å². The van der Waals surface area contributed by atoms with Gasteiger partial charge in [0.25, 0.3) is 0 Å². The highest BCUT2D eigenvalue weighted by atomic mass is 35.5. The number of nitrogens with zero attached hydrogens (tertiary/aromatic N) is 2. The van der Waals surface area contributed by atoms with Crippen LogP contribution in [0.5, 0.6) is 0 Å². The molecule has 2 heterocycles. The molecule has 21 heavy (non-hydrogen) atoms. The zero-order valence-corrected chi connectivity index (χ0v) is 12.4. The van der Waals surface area contributed by atoms with Gasteiger partial charge in [-0.2, -0.15) is 0 Å². The van der Waals surface area contributed by atoms with E-state index in [2.05, 4.69) is 21.3 Å². The van der Waals surface area contributed by atoms with Crippen LogP contribution in [0.3, 0.4) is 0 Å². The standard InChI is InChI=1S/C16H17ClFN3/c17-14-5-1-3-13(16(14)18)11-21-8-7-20-10-15(21)12-4-2-6-19-9-12/h1-6,9,15,20H,7-8,10-11H2. The van der Waals surface area contributed by atoms with Crippen LogP contribution >= 0.6 is 11.6 Å². The van der Waals surface area contributed by atoms with Gasteiger partial charge in [-0.1, -0.05) is 29.8 Å². The quantitative estimate of drug-likeness (QED) is 0.945.